The molecule has 1 fully saturated rings. The Hall–Kier alpha value is -3.71. The Bertz CT molecular complexity index is 1690. The number of nitrogens with one attached hydrogen (secondary N) is 3. The minimum absolute atomic E-state index is 0.00944. The summed E-state index contributed by atoms with van der Waals surface area (Å²) in [4.78, 5) is 12.0. The Balaban J connectivity index is 1.61. The highest BCUT2D eigenvalue weighted by atomic mass is 32.2. The normalized spacial score (nSPS) is 15.4. The molecule has 2 aromatic carbocycles. The van der Waals surface area contributed by atoms with Crippen LogP contribution < -0.4 is 20.7 Å². The highest BCUT2D eigenvalue weighted by Gasteiger charge is 2.32. The van der Waals surface area contributed by atoms with E-state index in [0.29, 0.717) is 28.6 Å². The molecule has 4 rings (SSSR count). The molecular weight excluding hydrogens is 639 g/mol. The van der Waals surface area contributed by atoms with Crippen LogP contribution in [0.25, 0.3) is 10.1 Å². The fraction of sp³-hybridized carbons (Fsp3) is 0.393. The molecule has 0 aliphatic carbocycles. The summed E-state index contributed by atoms with van der Waals surface area (Å²) in [6.45, 7) is -2.04. The largest absolute Gasteiger partial charge is 0.482 e. The molecule has 238 valence electrons. The SMILES string of the molecule is CNC(=O)c1cc(OCC(F)(F)F)c(NCC#Cc2sc3c(NC4CCS(=O)(=O)CC4)cccc3c2CC(F)(F)F)cc1F. The maximum absolute atomic E-state index is 14.5. The van der Waals surface area contributed by atoms with Crippen molar-refractivity contribution >= 4 is 48.5 Å². The van der Waals surface area contributed by atoms with Crippen molar-refractivity contribution in [2.75, 3.05) is 42.3 Å². The van der Waals surface area contributed by atoms with E-state index in [9.17, 15) is 43.9 Å². The molecule has 0 unspecified atom stereocenters. The Labute approximate surface area is 252 Å². The van der Waals surface area contributed by atoms with E-state index in [1.807, 2.05) is 0 Å². The van der Waals surface area contributed by atoms with Crippen molar-refractivity contribution in [3.8, 4) is 17.6 Å². The molecule has 1 aromatic heterocycles. The molecule has 1 aliphatic heterocycles. The highest BCUT2D eigenvalue weighted by Crippen LogP contribution is 2.39. The second-order valence-corrected chi connectivity index (χ2v) is 13.2. The zero-order valence-corrected chi connectivity index (χ0v) is 24.6. The van der Waals surface area contributed by atoms with E-state index in [1.165, 1.54) is 13.1 Å². The van der Waals surface area contributed by atoms with Gasteiger partial charge in [0.2, 0.25) is 0 Å². The zero-order chi connectivity index (χ0) is 32.3. The van der Waals surface area contributed by atoms with Crippen molar-refractivity contribution in [1.82, 2.24) is 5.32 Å². The molecule has 0 radical (unpaired) electrons. The number of rotatable bonds is 8. The molecule has 0 atom stereocenters. The minimum Gasteiger partial charge on any atom is -0.482 e. The number of alkyl halides is 6. The Morgan fingerprint density at radius 1 is 1.07 bits per heavy atom. The van der Waals surface area contributed by atoms with Crippen LogP contribution in [-0.2, 0) is 16.3 Å². The van der Waals surface area contributed by atoms with Crippen LogP contribution in [0.5, 0.6) is 5.75 Å². The fourth-order valence-corrected chi connectivity index (χ4v) is 7.22. The summed E-state index contributed by atoms with van der Waals surface area (Å²) in [6.07, 6.45) is -9.83. The molecule has 2 heterocycles. The third-order valence-corrected chi connectivity index (χ3v) is 9.52. The maximum Gasteiger partial charge on any atom is 0.422 e. The first kappa shape index (κ1) is 33.2. The molecule has 44 heavy (non-hydrogen) atoms. The number of thiophene rings is 1. The minimum atomic E-state index is -4.73. The molecule has 1 amide bonds. The van der Waals surface area contributed by atoms with Gasteiger partial charge in [0.25, 0.3) is 5.91 Å². The van der Waals surface area contributed by atoms with Crippen molar-refractivity contribution in [1.29, 1.82) is 0 Å². The van der Waals surface area contributed by atoms with E-state index >= 15 is 0 Å². The number of carbonyl (C=O) groups excluding carboxylic acids is 1. The van der Waals surface area contributed by atoms with Crippen LogP contribution in [0.2, 0.25) is 0 Å². The zero-order valence-electron chi connectivity index (χ0n) is 23.0. The summed E-state index contributed by atoms with van der Waals surface area (Å²) in [5, 5.41) is 8.35. The van der Waals surface area contributed by atoms with Crippen LogP contribution in [0.3, 0.4) is 0 Å². The number of hydrogen-bond donors (Lipinski definition) is 3. The molecule has 0 spiro atoms. The molecule has 1 saturated heterocycles. The Kier molecular flexibility index (Phi) is 9.89. The second-order valence-electron chi connectivity index (χ2n) is 9.92. The second kappa shape index (κ2) is 13.1. The first-order valence-corrected chi connectivity index (χ1v) is 15.7. The highest BCUT2D eigenvalue weighted by molar-refractivity contribution is 7.91. The number of halogens is 7. The van der Waals surface area contributed by atoms with Gasteiger partial charge in [0.15, 0.2) is 6.61 Å². The lowest BCUT2D eigenvalue weighted by atomic mass is 10.1. The van der Waals surface area contributed by atoms with E-state index < -0.39 is 58.3 Å². The van der Waals surface area contributed by atoms with Crippen LogP contribution in [0.15, 0.2) is 30.3 Å². The first-order valence-electron chi connectivity index (χ1n) is 13.1. The molecule has 0 bridgehead atoms. The summed E-state index contributed by atoms with van der Waals surface area (Å²) < 4.78 is 122. The number of anilines is 2. The van der Waals surface area contributed by atoms with Crippen molar-refractivity contribution in [2.45, 2.75) is 37.7 Å². The number of sulfone groups is 1. The van der Waals surface area contributed by atoms with Gasteiger partial charge in [-0.15, -0.1) is 11.3 Å². The molecule has 3 N–H and O–H groups in total. The van der Waals surface area contributed by atoms with Crippen molar-refractivity contribution in [2.24, 2.45) is 0 Å². The van der Waals surface area contributed by atoms with Crippen LogP contribution >= 0.6 is 11.3 Å². The van der Waals surface area contributed by atoms with E-state index in [0.717, 1.165) is 23.5 Å². The molecule has 7 nitrogen and oxygen atoms in total. The van der Waals surface area contributed by atoms with Crippen LogP contribution in [0, 0.1) is 17.7 Å². The van der Waals surface area contributed by atoms with Gasteiger partial charge in [-0.2, -0.15) is 26.3 Å². The molecule has 1 aliphatic rings. The van der Waals surface area contributed by atoms with E-state index in [2.05, 4.69) is 27.8 Å². The van der Waals surface area contributed by atoms with Crippen molar-refractivity contribution in [3.63, 3.8) is 0 Å². The fourth-order valence-electron chi connectivity index (χ4n) is 4.56. The van der Waals surface area contributed by atoms with Crippen LogP contribution in [0.4, 0.5) is 42.1 Å². The number of carbonyl (C=O) groups is 1. The van der Waals surface area contributed by atoms with Gasteiger partial charge in [-0.1, -0.05) is 24.0 Å². The van der Waals surface area contributed by atoms with Crippen molar-refractivity contribution < 1.29 is 48.7 Å². The average molecular weight is 666 g/mol. The third-order valence-electron chi connectivity index (χ3n) is 6.61. The maximum atomic E-state index is 14.5. The number of hydrogen-bond acceptors (Lipinski definition) is 7. The summed E-state index contributed by atoms with van der Waals surface area (Å²) in [5.74, 6) is 2.92. The Morgan fingerprint density at radius 3 is 2.41 bits per heavy atom. The van der Waals surface area contributed by atoms with Gasteiger partial charge in [-0.25, -0.2) is 12.8 Å². The predicted molar refractivity (Wildman–Crippen MR) is 154 cm³/mol. The van der Waals surface area contributed by atoms with Gasteiger partial charge in [0.05, 0.1) is 51.0 Å². The summed E-state index contributed by atoms with van der Waals surface area (Å²) in [6, 6.07) is 6.21. The lowest BCUT2D eigenvalue weighted by Crippen LogP contribution is -2.32. The van der Waals surface area contributed by atoms with Gasteiger partial charge in [-0.3, -0.25) is 4.79 Å². The lowest BCUT2D eigenvalue weighted by Gasteiger charge is -2.24. The first-order chi connectivity index (χ1) is 20.5. The smallest absolute Gasteiger partial charge is 0.422 e. The van der Waals surface area contributed by atoms with Gasteiger partial charge in [-0.05, 0) is 35.9 Å². The lowest BCUT2D eigenvalue weighted by molar-refractivity contribution is -0.153. The molecular formula is C28H26F7N3O4S2. The number of benzene rings is 2. The molecule has 0 saturated carbocycles. The van der Waals surface area contributed by atoms with Crippen LogP contribution in [-0.4, -0.2) is 64.4 Å². The monoisotopic (exact) mass is 665 g/mol. The molecule has 3 aromatic rings. The third kappa shape index (κ3) is 8.69. The average Bonchev–Trinajstić information content (AvgIpc) is 3.27. The van der Waals surface area contributed by atoms with E-state index in [4.69, 9.17) is 4.74 Å². The van der Waals surface area contributed by atoms with E-state index in [-0.39, 0.29) is 40.2 Å². The topological polar surface area (TPSA) is 96.5 Å². The number of ether oxygens (including phenoxy) is 1. The quantitative estimate of drug-likeness (QED) is 0.205. The van der Waals surface area contributed by atoms with Gasteiger partial charge in [0.1, 0.15) is 21.4 Å². The van der Waals surface area contributed by atoms with E-state index in [1.54, 1.807) is 12.1 Å². The summed E-state index contributed by atoms with van der Waals surface area (Å²) in [7, 11) is -1.90. The van der Waals surface area contributed by atoms with Gasteiger partial charge < -0.3 is 20.7 Å². The summed E-state index contributed by atoms with van der Waals surface area (Å²) >= 11 is 1.01. The van der Waals surface area contributed by atoms with Gasteiger partial charge >= 0.3 is 12.4 Å². The summed E-state index contributed by atoms with van der Waals surface area (Å²) in [5.41, 5.74) is -0.316. The standard InChI is InChI=1S/C28H26F7N3O4S2/c1-36-26(39)18-12-23(42-15-28(33,34)35)22(13-20(18)29)37-9-3-6-24-19(14-27(30,31)32)17-4-2-5-21(25(17)43-24)38-16-7-10-44(40,41)11-8-16/h2,4-5,12-13,16,37-38H,7-11,14-15H2,1H3,(H,36,39). The number of fused-ring (bicyclic) bond motifs is 1. The Morgan fingerprint density at radius 2 is 1.77 bits per heavy atom. The molecule has 16 heteroatoms. The van der Waals surface area contributed by atoms with Crippen molar-refractivity contribution in [3.05, 3.63) is 52.2 Å². The van der Waals surface area contributed by atoms with Crippen LogP contribution in [0.1, 0.15) is 33.6 Å². The predicted octanol–water partition coefficient (Wildman–Crippen LogP) is 5.90. The van der Waals surface area contributed by atoms with Gasteiger partial charge in [0, 0.05) is 19.2 Å². The number of amides is 1.